The van der Waals surface area contributed by atoms with Crippen LogP contribution in [0.1, 0.15) is 43.0 Å². The van der Waals surface area contributed by atoms with Crippen LogP contribution < -0.4 is 5.32 Å². The third-order valence-electron chi connectivity index (χ3n) is 3.42. The summed E-state index contributed by atoms with van der Waals surface area (Å²) in [7, 11) is 0. The molecule has 4 heteroatoms. The molecule has 1 aliphatic carbocycles. The molecule has 1 fully saturated rings. The molecule has 2 rings (SSSR count). The Balaban J connectivity index is 1.98. The highest BCUT2D eigenvalue weighted by molar-refractivity contribution is 6.29. The van der Waals surface area contributed by atoms with Gasteiger partial charge >= 0.3 is 0 Å². The first-order valence-electron chi connectivity index (χ1n) is 6.09. The molecule has 2 atom stereocenters. The van der Waals surface area contributed by atoms with Gasteiger partial charge in [-0.3, -0.25) is 4.79 Å². The zero-order valence-corrected chi connectivity index (χ0v) is 10.7. The van der Waals surface area contributed by atoms with Gasteiger partial charge < -0.3 is 5.32 Å². The summed E-state index contributed by atoms with van der Waals surface area (Å²) in [5.41, 5.74) is 0.576. The highest BCUT2D eigenvalue weighted by Gasteiger charge is 2.23. The van der Waals surface area contributed by atoms with Gasteiger partial charge in [-0.2, -0.15) is 0 Å². The van der Waals surface area contributed by atoms with Crippen molar-refractivity contribution >= 4 is 17.5 Å². The highest BCUT2D eigenvalue weighted by Crippen LogP contribution is 2.23. The molecular formula is C13H17ClN2O. The van der Waals surface area contributed by atoms with Gasteiger partial charge in [-0.05, 0) is 30.9 Å². The number of pyridine rings is 1. The average molecular weight is 253 g/mol. The van der Waals surface area contributed by atoms with E-state index >= 15 is 0 Å². The molecule has 0 spiro atoms. The largest absolute Gasteiger partial charge is 0.349 e. The number of amides is 1. The molecule has 1 amide bonds. The van der Waals surface area contributed by atoms with Crippen LogP contribution in [-0.2, 0) is 0 Å². The summed E-state index contributed by atoms with van der Waals surface area (Å²) in [5.74, 6) is 0.515. The van der Waals surface area contributed by atoms with E-state index in [4.69, 9.17) is 11.6 Å². The fraction of sp³-hybridized carbons (Fsp3) is 0.538. The van der Waals surface area contributed by atoms with E-state index in [0.717, 1.165) is 6.42 Å². The van der Waals surface area contributed by atoms with E-state index in [1.165, 1.54) is 25.5 Å². The van der Waals surface area contributed by atoms with Crippen molar-refractivity contribution in [2.24, 2.45) is 5.92 Å². The minimum absolute atomic E-state index is 0.0482. The van der Waals surface area contributed by atoms with Crippen molar-refractivity contribution in [1.29, 1.82) is 0 Å². The zero-order chi connectivity index (χ0) is 12.3. The molecule has 0 saturated heterocycles. The van der Waals surface area contributed by atoms with Crippen LogP contribution in [0.3, 0.4) is 0 Å². The Morgan fingerprint density at radius 2 is 2.18 bits per heavy atom. The van der Waals surface area contributed by atoms with Gasteiger partial charge in [0.05, 0.1) is 5.56 Å². The lowest BCUT2D eigenvalue weighted by atomic mass is 9.86. The number of halogens is 1. The van der Waals surface area contributed by atoms with E-state index in [1.54, 1.807) is 12.1 Å². The number of hydrogen-bond acceptors (Lipinski definition) is 2. The molecule has 3 nitrogen and oxygen atoms in total. The Morgan fingerprint density at radius 3 is 2.82 bits per heavy atom. The quantitative estimate of drug-likeness (QED) is 0.822. The molecule has 92 valence electrons. The second-order valence-corrected chi connectivity index (χ2v) is 5.10. The van der Waals surface area contributed by atoms with Crippen LogP contribution >= 0.6 is 11.6 Å². The Hall–Kier alpha value is -1.09. The molecule has 0 bridgehead atoms. The maximum absolute atomic E-state index is 12.0. The van der Waals surface area contributed by atoms with E-state index in [1.807, 2.05) is 0 Å². The minimum Gasteiger partial charge on any atom is -0.349 e. The lowest BCUT2D eigenvalue weighted by Gasteiger charge is -2.29. The number of rotatable bonds is 2. The topological polar surface area (TPSA) is 42.0 Å². The van der Waals surface area contributed by atoms with Crippen molar-refractivity contribution in [2.45, 2.75) is 38.6 Å². The first-order valence-corrected chi connectivity index (χ1v) is 6.47. The minimum atomic E-state index is -0.0482. The SMILES string of the molecule is C[C@H]1CCCC[C@H]1NC(=O)c1ccc(Cl)nc1. The predicted octanol–water partition coefficient (Wildman–Crippen LogP) is 3.04. The summed E-state index contributed by atoms with van der Waals surface area (Å²) < 4.78 is 0. The van der Waals surface area contributed by atoms with E-state index in [2.05, 4.69) is 17.2 Å². The van der Waals surface area contributed by atoms with Gasteiger partial charge in [-0.25, -0.2) is 4.98 Å². The molecule has 1 aromatic heterocycles. The number of carbonyl (C=O) groups is 1. The van der Waals surface area contributed by atoms with E-state index in [0.29, 0.717) is 22.7 Å². The van der Waals surface area contributed by atoms with Crippen molar-refractivity contribution in [3.8, 4) is 0 Å². The van der Waals surface area contributed by atoms with Crippen molar-refractivity contribution in [3.63, 3.8) is 0 Å². The van der Waals surface area contributed by atoms with Crippen LogP contribution in [-0.4, -0.2) is 16.9 Å². The average Bonchev–Trinajstić information content (AvgIpc) is 2.33. The van der Waals surface area contributed by atoms with Crippen LogP contribution in [0.4, 0.5) is 0 Å². The molecule has 0 aliphatic heterocycles. The van der Waals surface area contributed by atoms with Crippen LogP contribution in [0.15, 0.2) is 18.3 Å². The fourth-order valence-corrected chi connectivity index (χ4v) is 2.40. The number of nitrogens with one attached hydrogen (secondary N) is 1. The summed E-state index contributed by atoms with van der Waals surface area (Å²) >= 11 is 5.69. The zero-order valence-electron chi connectivity index (χ0n) is 9.95. The fourth-order valence-electron chi connectivity index (χ4n) is 2.29. The lowest BCUT2D eigenvalue weighted by Crippen LogP contribution is -2.41. The summed E-state index contributed by atoms with van der Waals surface area (Å²) in [6.45, 7) is 2.20. The van der Waals surface area contributed by atoms with Gasteiger partial charge in [0.2, 0.25) is 0 Å². The molecule has 1 N–H and O–H groups in total. The van der Waals surface area contributed by atoms with Gasteiger partial charge in [0, 0.05) is 12.2 Å². The Bertz CT molecular complexity index is 391. The van der Waals surface area contributed by atoms with E-state index in [9.17, 15) is 4.79 Å². The molecule has 1 aliphatic rings. The van der Waals surface area contributed by atoms with E-state index < -0.39 is 0 Å². The summed E-state index contributed by atoms with van der Waals surface area (Å²) in [4.78, 5) is 15.9. The molecule has 0 radical (unpaired) electrons. The maximum Gasteiger partial charge on any atom is 0.253 e. The second kappa shape index (κ2) is 5.50. The second-order valence-electron chi connectivity index (χ2n) is 4.71. The van der Waals surface area contributed by atoms with Crippen molar-refractivity contribution in [2.75, 3.05) is 0 Å². The van der Waals surface area contributed by atoms with Crippen molar-refractivity contribution in [3.05, 3.63) is 29.0 Å². The smallest absolute Gasteiger partial charge is 0.253 e. The third kappa shape index (κ3) is 3.19. The first kappa shape index (κ1) is 12.4. The Morgan fingerprint density at radius 1 is 1.41 bits per heavy atom. The van der Waals surface area contributed by atoms with Crippen LogP contribution in [0.25, 0.3) is 0 Å². The molecule has 0 unspecified atom stereocenters. The molecule has 0 aromatic carbocycles. The molecule has 1 aromatic rings. The standard InChI is InChI=1S/C13H17ClN2O/c1-9-4-2-3-5-11(9)16-13(17)10-6-7-12(14)15-8-10/h6-9,11H,2-5H2,1H3,(H,16,17)/t9-,11+/m0/s1. The summed E-state index contributed by atoms with van der Waals surface area (Å²) in [5, 5.41) is 3.49. The van der Waals surface area contributed by atoms with Crippen LogP contribution in [0.2, 0.25) is 5.15 Å². The molecule has 1 heterocycles. The summed E-state index contributed by atoms with van der Waals surface area (Å²) in [6.07, 6.45) is 6.27. The Kier molecular flexibility index (Phi) is 4.00. The van der Waals surface area contributed by atoms with Crippen molar-refractivity contribution in [1.82, 2.24) is 10.3 Å². The number of nitrogens with zero attached hydrogens (tertiary/aromatic N) is 1. The lowest BCUT2D eigenvalue weighted by molar-refractivity contribution is 0.0910. The van der Waals surface area contributed by atoms with Crippen molar-refractivity contribution < 1.29 is 4.79 Å². The van der Waals surface area contributed by atoms with Gasteiger partial charge in [-0.1, -0.05) is 31.4 Å². The van der Waals surface area contributed by atoms with Crippen LogP contribution in [0, 0.1) is 5.92 Å². The van der Waals surface area contributed by atoms with Gasteiger partial charge in [0.25, 0.3) is 5.91 Å². The van der Waals surface area contributed by atoms with E-state index in [-0.39, 0.29) is 5.91 Å². The maximum atomic E-state index is 12.0. The monoisotopic (exact) mass is 252 g/mol. The van der Waals surface area contributed by atoms with Gasteiger partial charge in [0.1, 0.15) is 5.15 Å². The normalized spacial score (nSPS) is 24.4. The Labute approximate surface area is 107 Å². The first-order chi connectivity index (χ1) is 8.16. The number of aromatic nitrogens is 1. The third-order valence-corrected chi connectivity index (χ3v) is 3.64. The highest BCUT2D eigenvalue weighted by atomic mass is 35.5. The predicted molar refractivity (Wildman–Crippen MR) is 68.1 cm³/mol. The molecular weight excluding hydrogens is 236 g/mol. The number of hydrogen-bond donors (Lipinski definition) is 1. The number of carbonyl (C=O) groups excluding carboxylic acids is 1. The molecule has 1 saturated carbocycles. The van der Waals surface area contributed by atoms with Crippen LogP contribution in [0.5, 0.6) is 0 Å². The van der Waals surface area contributed by atoms with Gasteiger partial charge in [-0.15, -0.1) is 0 Å². The molecule has 17 heavy (non-hydrogen) atoms. The van der Waals surface area contributed by atoms with Gasteiger partial charge in [0.15, 0.2) is 0 Å². The summed E-state index contributed by atoms with van der Waals surface area (Å²) in [6, 6.07) is 3.64.